The van der Waals surface area contributed by atoms with Crippen molar-refractivity contribution in [2.75, 3.05) is 20.6 Å². The molecule has 0 rings (SSSR count). The third kappa shape index (κ3) is 7.13. The van der Waals surface area contributed by atoms with E-state index < -0.39 is 5.97 Å². The van der Waals surface area contributed by atoms with Gasteiger partial charge in [0.2, 0.25) is 0 Å². The quantitative estimate of drug-likeness (QED) is 0.420. The summed E-state index contributed by atoms with van der Waals surface area (Å²) >= 11 is 0. The zero-order valence-corrected chi connectivity index (χ0v) is 6.16. The summed E-state index contributed by atoms with van der Waals surface area (Å²) in [5, 5.41) is 9.91. The standard InChI is InChI=1S/C6H12N2O2/c1-8(2)7-5-3-4-6(9)10/h3-4,7H,5H2,1-2H3,(H,9,10)/b4-3+. The Morgan fingerprint density at radius 3 is 2.70 bits per heavy atom. The molecule has 0 aromatic carbocycles. The van der Waals surface area contributed by atoms with Crippen LogP contribution in [0.5, 0.6) is 0 Å². The number of nitrogens with one attached hydrogen (secondary N) is 1. The van der Waals surface area contributed by atoms with Gasteiger partial charge < -0.3 is 5.11 Å². The maximum absolute atomic E-state index is 9.92. The van der Waals surface area contributed by atoms with Crippen LogP contribution >= 0.6 is 0 Å². The average Bonchev–Trinajstić information content (AvgIpc) is 1.79. The van der Waals surface area contributed by atoms with E-state index >= 15 is 0 Å². The van der Waals surface area contributed by atoms with Crippen LogP contribution in [0.1, 0.15) is 0 Å². The van der Waals surface area contributed by atoms with Crippen LogP contribution in [0.4, 0.5) is 0 Å². The van der Waals surface area contributed by atoms with Crippen molar-refractivity contribution < 1.29 is 9.90 Å². The molecule has 0 aromatic heterocycles. The number of hydrazine groups is 1. The number of carboxylic acids is 1. The Hall–Kier alpha value is -0.870. The molecule has 0 saturated carbocycles. The zero-order chi connectivity index (χ0) is 7.98. The first-order chi connectivity index (χ1) is 4.63. The highest BCUT2D eigenvalue weighted by molar-refractivity contribution is 5.79. The second-order valence-corrected chi connectivity index (χ2v) is 2.00. The van der Waals surface area contributed by atoms with Crippen molar-refractivity contribution in [1.29, 1.82) is 0 Å². The summed E-state index contributed by atoms with van der Waals surface area (Å²) in [5.41, 5.74) is 2.88. The van der Waals surface area contributed by atoms with Gasteiger partial charge in [0.1, 0.15) is 0 Å². The Labute approximate surface area is 60.1 Å². The normalized spacial score (nSPS) is 11.1. The van der Waals surface area contributed by atoms with Crippen molar-refractivity contribution in [2.24, 2.45) is 0 Å². The Morgan fingerprint density at radius 1 is 1.70 bits per heavy atom. The molecule has 0 atom stereocenters. The molecule has 4 nitrogen and oxygen atoms in total. The lowest BCUT2D eigenvalue weighted by atomic mass is 10.5. The molecule has 0 aromatic rings. The van der Waals surface area contributed by atoms with E-state index in [2.05, 4.69) is 5.43 Å². The van der Waals surface area contributed by atoms with Gasteiger partial charge in [-0.2, -0.15) is 0 Å². The average molecular weight is 144 g/mol. The van der Waals surface area contributed by atoms with Gasteiger partial charge >= 0.3 is 5.97 Å². The number of nitrogens with zero attached hydrogens (tertiary/aromatic N) is 1. The van der Waals surface area contributed by atoms with Crippen molar-refractivity contribution in [3.8, 4) is 0 Å². The summed E-state index contributed by atoms with van der Waals surface area (Å²) in [6, 6.07) is 0. The van der Waals surface area contributed by atoms with Crippen LogP contribution in [0.2, 0.25) is 0 Å². The molecule has 0 unspecified atom stereocenters. The van der Waals surface area contributed by atoms with E-state index in [1.54, 1.807) is 11.1 Å². The Kier molecular flexibility index (Phi) is 4.53. The zero-order valence-electron chi connectivity index (χ0n) is 6.16. The number of rotatable bonds is 4. The maximum atomic E-state index is 9.92. The predicted octanol–water partition coefficient (Wildman–Crippen LogP) is -0.307. The number of hydrogen-bond acceptors (Lipinski definition) is 3. The summed E-state index contributed by atoms with van der Waals surface area (Å²) in [7, 11) is 3.68. The molecule has 0 fully saturated rings. The third-order valence-electron chi connectivity index (χ3n) is 0.786. The monoisotopic (exact) mass is 144 g/mol. The summed E-state index contributed by atoms with van der Waals surface area (Å²) < 4.78 is 0. The van der Waals surface area contributed by atoms with Crippen LogP contribution in [0.15, 0.2) is 12.2 Å². The molecule has 0 aliphatic carbocycles. The first-order valence-corrected chi connectivity index (χ1v) is 2.93. The summed E-state index contributed by atoms with van der Waals surface area (Å²) in [6.45, 7) is 0.541. The second-order valence-electron chi connectivity index (χ2n) is 2.00. The Morgan fingerprint density at radius 2 is 2.30 bits per heavy atom. The van der Waals surface area contributed by atoms with Crippen molar-refractivity contribution in [3.63, 3.8) is 0 Å². The fourth-order valence-electron chi connectivity index (χ4n) is 0.395. The van der Waals surface area contributed by atoms with Crippen LogP contribution in [0, 0.1) is 0 Å². The fourth-order valence-corrected chi connectivity index (χ4v) is 0.395. The van der Waals surface area contributed by atoms with Gasteiger partial charge in [0.05, 0.1) is 0 Å². The molecule has 0 aliphatic heterocycles. The highest BCUT2D eigenvalue weighted by atomic mass is 16.4. The Balaban J connectivity index is 3.27. The fraction of sp³-hybridized carbons (Fsp3) is 0.500. The van der Waals surface area contributed by atoms with Gasteiger partial charge in [-0.05, 0) is 0 Å². The molecular weight excluding hydrogens is 132 g/mol. The molecule has 10 heavy (non-hydrogen) atoms. The SMILES string of the molecule is CN(C)NC/C=C/C(=O)O. The first kappa shape index (κ1) is 9.13. The van der Waals surface area contributed by atoms with E-state index in [1.165, 1.54) is 0 Å². The number of carboxylic acid groups (broad SMARTS) is 1. The van der Waals surface area contributed by atoms with E-state index in [0.717, 1.165) is 6.08 Å². The van der Waals surface area contributed by atoms with Crippen LogP contribution in [0.25, 0.3) is 0 Å². The molecule has 0 heterocycles. The van der Waals surface area contributed by atoms with Gasteiger partial charge in [-0.25, -0.2) is 4.79 Å². The minimum absolute atomic E-state index is 0.541. The van der Waals surface area contributed by atoms with Crippen molar-refractivity contribution in [2.45, 2.75) is 0 Å². The largest absolute Gasteiger partial charge is 0.478 e. The lowest BCUT2D eigenvalue weighted by Crippen LogP contribution is -2.30. The molecule has 0 amide bonds. The van der Waals surface area contributed by atoms with Crippen molar-refractivity contribution >= 4 is 5.97 Å². The topological polar surface area (TPSA) is 52.6 Å². The molecule has 0 bridgehead atoms. The molecule has 0 radical (unpaired) electrons. The summed E-state index contributed by atoms with van der Waals surface area (Å²) in [5.74, 6) is -0.916. The molecule has 0 saturated heterocycles. The van der Waals surface area contributed by atoms with Gasteiger partial charge in [-0.15, -0.1) is 0 Å². The second kappa shape index (κ2) is 4.96. The lowest BCUT2D eigenvalue weighted by Gasteiger charge is -2.07. The van der Waals surface area contributed by atoms with Crippen LogP contribution < -0.4 is 5.43 Å². The van der Waals surface area contributed by atoms with E-state index in [-0.39, 0.29) is 0 Å². The highest BCUT2D eigenvalue weighted by Gasteiger charge is 1.85. The van der Waals surface area contributed by atoms with Crippen LogP contribution in [-0.2, 0) is 4.79 Å². The predicted molar refractivity (Wildman–Crippen MR) is 38.5 cm³/mol. The van der Waals surface area contributed by atoms with Gasteiger partial charge in [0.15, 0.2) is 0 Å². The summed E-state index contributed by atoms with van der Waals surface area (Å²) in [4.78, 5) is 9.92. The number of hydrogen-bond donors (Lipinski definition) is 2. The number of aliphatic carboxylic acids is 1. The minimum atomic E-state index is -0.916. The third-order valence-corrected chi connectivity index (χ3v) is 0.786. The van der Waals surface area contributed by atoms with E-state index in [4.69, 9.17) is 5.11 Å². The molecule has 0 aliphatic rings. The number of carbonyl (C=O) groups is 1. The van der Waals surface area contributed by atoms with Crippen LogP contribution in [0.3, 0.4) is 0 Å². The smallest absolute Gasteiger partial charge is 0.328 e. The van der Waals surface area contributed by atoms with Crippen molar-refractivity contribution in [1.82, 2.24) is 10.4 Å². The molecule has 0 spiro atoms. The highest BCUT2D eigenvalue weighted by Crippen LogP contribution is 1.71. The minimum Gasteiger partial charge on any atom is -0.478 e. The molecule has 2 N–H and O–H groups in total. The summed E-state index contributed by atoms with van der Waals surface area (Å²) in [6.07, 6.45) is 2.65. The van der Waals surface area contributed by atoms with E-state index in [1.807, 2.05) is 14.1 Å². The van der Waals surface area contributed by atoms with Crippen molar-refractivity contribution in [3.05, 3.63) is 12.2 Å². The molecule has 4 heteroatoms. The molecular formula is C6H12N2O2. The van der Waals surface area contributed by atoms with Gasteiger partial charge in [-0.3, -0.25) is 10.4 Å². The Bertz CT molecular complexity index is 132. The van der Waals surface area contributed by atoms with Gasteiger partial charge in [0.25, 0.3) is 0 Å². The molecule has 58 valence electrons. The van der Waals surface area contributed by atoms with E-state index in [9.17, 15) is 4.79 Å². The first-order valence-electron chi connectivity index (χ1n) is 2.93. The van der Waals surface area contributed by atoms with Gasteiger partial charge in [-0.1, -0.05) is 6.08 Å². The lowest BCUT2D eigenvalue weighted by molar-refractivity contribution is -0.131. The maximum Gasteiger partial charge on any atom is 0.328 e. The van der Waals surface area contributed by atoms with Gasteiger partial charge in [0, 0.05) is 26.7 Å². The van der Waals surface area contributed by atoms with E-state index in [0.29, 0.717) is 6.54 Å². The van der Waals surface area contributed by atoms with Crippen LogP contribution in [-0.4, -0.2) is 36.7 Å².